The molecule has 14 heteroatoms. The number of nitrogens with two attached hydrogens (primary N) is 1. The van der Waals surface area contributed by atoms with Crippen LogP contribution in [0.5, 0.6) is 0 Å². The van der Waals surface area contributed by atoms with Gasteiger partial charge in [0.15, 0.2) is 12.2 Å². The van der Waals surface area contributed by atoms with E-state index >= 15 is 0 Å². The zero-order chi connectivity index (χ0) is 24.7. The van der Waals surface area contributed by atoms with Crippen molar-refractivity contribution in [3.05, 3.63) is 40.2 Å². The summed E-state index contributed by atoms with van der Waals surface area (Å²) in [6.45, 7) is 0.953. The number of carbonyl (C=O) groups is 3. The SMILES string of the molecule is N=COC(=O)CC[C@H](NC(=O)c1ccc(NCC2CNc3nc(N)[nH]c(=O)c3N2)cc1)C(=O)O. The monoisotopic (exact) mass is 472 g/mol. The van der Waals surface area contributed by atoms with E-state index in [2.05, 4.69) is 36.0 Å². The zero-order valence-electron chi connectivity index (χ0n) is 17.9. The standard InChI is InChI=1S/C20H24N8O6/c21-9-34-14(29)6-5-13(19(32)33)26-17(30)10-1-3-11(4-2-10)23-7-12-8-24-16-15(25-12)18(31)28-20(22)27-16/h1-4,9,12-13,21,23,25H,5-8H2,(H,26,30)(H,32,33)(H4,22,24,27,28,31)/t12?,13-/m0/s1. The number of esters is 1. The largest absolute Gasteiger partial charge is 0.480 e. The van der Waals surface area contributed by atoms with Crippen LogP contribution < -0.4 is 32.6 Å². The number of hydrogen-bond acceptors (Lipinski definition) is 11. The maximum atomic E-state index is 12.4. The van der Waals surface area contributed by atoms with Crippen LogP contribution in [-0.2, 0) is 14.3 Å². The number of aromatic nitrogens is 2. The number of aromatic amines is 1. The molecule has 1 amide bonds. The van der Waals surface area contributed by atoms with Crippen molar-refractivity contribution < 1.29 is 24.2 Å². The van der Waals surface area contributed by atoms with Crippen molar-refractivity contribution in [2.24, 2.45) is 0 Å². The molecule has 1 unspecified atom stereocenters. The Labute approximate surface area is 192 Å². The van der Waals surface area contributed by atoms with Gasteiger partial charge in [0.05, 0.1) is 6.04 Å². The molecule has 1 aromatic carbocycles. The summed E-state index contributed by atoms with van der Waals surface area (Å²) in [6.07, 6.45) is 0.0163. The fourth-order valence-corrected chi connectivity index (χ4v) is 3.22. The van der Waals surface area contributed by atoms with Crippen LogP contribution >= 0.6 is 0 Å². The molecule has 0 radical (unpaired) electrons. The maximum Gasteiger partial charge on any atom is 0.326 e. The van der Waals surface area contributed by atoms with Gasteiger partial charge in [-0.05, 0) is 30.7 Å². The molecule has 3 rings (SSSR count). The average molecular weight is 472 g/mol. The maximum absolute atomic E-state index is 12.4. The van der Waals surface area contributed by atoms with Gasteiger partial charge in [-0.15, -0.1) is 0 Å². The van der Waals surface area contributed by atoms with Crippen LogP contribution in [0.3, 0.4) is 0 Å². The molecule has 1 aromatic heterocycles. The van der Waals surface area contributed by atoms with Crippen LogP contribution in [0, 0.1) is 5.41 Å². The van der Waals surface area contributed by atoms with E-state index in [-0.39, 0.29) is 36.0 Å². The molecule has 2 atom stereocenters. The quantitative estimate of drug-likeness (QED) is 0.128. The molecule has 0 bridgehead atoms. The normalized spacial score (nSPS) is 15.0. The highest BCUT2D eigenvalue weighted by Gasteiger charge is 2.23. The second-order valence-corrected chi connectivity index (χ2v) is 7.37. The summed E-state index contributed by atoms with van der Waals surface area (Å²) >= 11 is 0. The van der Waals surface area contributed by atoms with Crippen molar-refractivity contribution in [3.8, 4) is 0 Å². The molecule has 0 saturated carbocycles. The molecule has 0 spiro atoms. The Hall–Kier alpha value is -4.62. The Morgan fingerprint density at radius 1 is 1.32 bits per heavy atom. The number of rotatable bonds is 10. The minimum Gasteiger partial charge on any atom is -0.480 e. The van der Waals surface area contributed by atoms with E-state index in [9.17, 15) is 24.3 Å². The Morgan fingerprint density at radius 3 is 2.74 bits per heavy atom. The summed E-state index contributed by atoms with van der Waals surface area (Å²) in [4.78, 5) is 53.6. The van der Waals surface area contributed by atoms with Gasteiger partial charge in [-0.25, -0.2) is 4.79 Å². The number of nitrogen functional groups attached to an aromatic ring is 1. The topological polar surface area (TPSA) is 224 Å². The summed E-state index contributed by atoms with van der Waals surface area (Å²) in [7, 11) is 0. The molecular formula is C20H24N8O6. The number of carboxylic acids is 1. The van der Waals surface area contributed by atoms with Crippen molar-refractivity contribution in [2.45, 2.75) is 24.9 Å². The minimum atomic E-state index is -1.29. The third kappa shape index (κ3) is 6.21. The number of H-pyrrole nitrogens is 1. The van der Waals surface area contributed by atoms with Gasteiger partial charge in [-0.1, -0.05) is 0 Å². The zero-order valence-corrected chi connectivity index (χ0v) is 17.9. The average Bonchev–Trinajstić information content (AvgIpc) is 2.80. The predicted octanol–water partition coefficient (Wildman–Crippen LogP) is -0.216. The molecule has 1 aliphatic rings. The van der Waals surface area contributed by atoms with Crippen molar-refractivity contribution in [3.63, 3.8) is 0 Å². The first-order valence-corrected chi connectivity index (χ1v) is 10.2. The highest BCUT2D eigenvalue weighted by atomic mass is 16.5. The van der Waals surface area contributed by atoms with E-state index in [1.165, 1.54) is 12.1 Å². The lowest BCUT2D eigenvalue weighted by atomic mass is 10.1. The molecule has 1 aliphatic heterocycles. The smallest absolute Gasteiger partial charge is 0.326 e. The number of nitrogens with zero attached hydrogens (tertiary/aromatic N) is 1. The van der Waals surface area contributed by atoms with Crippen molar-refractivity contribution in [2.75, 3.05) is 34.8 Å². The van der Waals surface area contributed by atoms with Gasteiger partial charge < -0.3 is 36.8 Å². The molecule has 14 nitrogen and oxygen atoms in total. The number of fused-ring (bicyclic) bond motifs is 1. The number of aliphatic carboxylic acids is 1. The second-order valence-electron chi connectivity index (χ2n) is 7.37. The number of anilines is 4. The number of amides is 1. The number of carbonyl (C=O) groups excluding carboxylic acids is 2. The second kappa shape index (κ2) is 10.8. The fraction of sp³-hybridized carbons (Fsp3) is 0.300. The predicted molar refractivity (Wildman–Crippen MR) is 123 cm³/mol. The molecule has 0 fully saturated rings. The van der Waals surface area contributed by atoms with Gasteiger partial charge in [-0.2, -0.15) is 4.98 Å². The van der Waals surface area contributed by atoms with Crippen LogP contribution in [0.15, 0.2) is 29.1 Å². The van der Waals surface area contributed by atoms with E-state index in [4.69, 9.17) is 11.1 Å². The van der Waals surface area contributed by atoms with Crippen molar-refractivity contribution >= 4 is 47.4 Å². The number of ether oxygens (including phenoxy) is 1. The summed E-state index contributed by atoms with van der Waals surface area (Å²) < 4.78 is 4.33. The Kier molecular flexibility index (Phi) is 7.63. The molecule has 2 aromatic rings. The number of carboxylic acid groups (broad SMARTS) is 1. The molecule has 2 heterocycles. The van der Waals surface area contributed by atoms with Crippen LogP contribution in [0.2, 0.25) is 0 Å². The Balaban J connectivity index is 1.52. The van der Waals surface area contributed by atoms with E-state index < -0.39 is 23.9 Å². The van der Waals surface area contributed by atoms with Crippen molar-refractivity contribution in [1.29, 1.82) is 5.41 Å². The lowest BCUT2D eigenvalue weighted by molar-refractivity contribution is -0.140. The number of nitrogens with one attached hydrogen (secondary N) is 6. The summed E-state index contributed by atoms with van der Waals surface area (Å²) in [6, 6.07) is 4.96. The minimum absolute atomic E-state index is 0.0266. The summed E-state index contributed by atoms with van der Waals surface area (Å²) in [5, 5.41) is 27.7. The highest BCUT2D eigenvalue weighted by Crippen LogP contribution is 2.20. The first kappa shape index (κ1) is 24.0. The van der Waals surface area contributed by atoms with Gasteiger partial charge in [0.25, 0.3) is 11.5 Å². The van der Waals surface area contributed by atoms with E-state index in [0.717, 1.165) is 0 Å². The van der Waals surface area contributed by atoms with Gasteiger partial charge in [-0.3, -0.25) is 24.8 Å². The van der Waals surface area contributed by atoms with E-state index in [1.807, 2.05) is 0 Å². The van der Waals surface area contributed by atoms with Crippen LogP contribution in [0.1, 0.15) is 23.2 Å². The van der Waals surface area contributed by atoms with Gasteiger partial charge in [0.1, 0.15) is 11.7 Å². The Bertz CT molecular complexity index is 1130. The molecule has 0 saturated heterocycles. The number of hydrogen-bond donors (Lipinski definition) is 8. The highest BCUT2D eigenvalue weighted by molar-refractivity contribution is 5.97. The third-order valence-electron chi connectivity index (χ3n) is 4.93. The van der Waals surface area contributed by atoms with Crippen molar-refractivity contribution in [1.82, 2.24) is 15.3 Å². The summed E-state index contributed by atoms with van der Waals surface area (Å²) in [5.74, 6) is -2.25. The Morgan fingerprint density at radius 2 is 2.06 bits per heavy atom. The van der Waals surface area contributed by atoms with Crippen LogP contribution in [0.25, 0.3) is 0 Å². The van der Waals surface area contributed by atoms with Crippen LogP contribution in [-0.4, -0.2) is 64.5 Å². The lowest BCUT2D eigenvalue weighted by Crippen LogP contribution is -2.41. The molecule has 0 aliphatic carbocycles. The van der Waals surface area contributed by atoms with Gasteiger partial charge >= 0.3 is 11.9 Å². The fourth-order valence-electron chi connectivity index (χ4n) is 3.22. The summed E-state index contributed by atoms with van der Waals surface area (Å²) in [5.41, 5.74) is 6.41. The van der Waals surface area contributed by atoms with Crippen LogP contribution in [0.4, 0.5) is 23.1 Å². The van der Waals surface area contributed by atoms with Gasteiger partial charge in [0.2, 0.25) is 5.95 Å². The van der Waals surface area contributed by atoms with E-state index in [1.54, 1.807) is 12.1 Å². The van der Waals surface area contributed by atoms with E-state index in [0.29, 0.717) is 36.7 Å². The van der Waals surface area contributed by atoms with Gasteiger partial charge in [0, 0.05) is 30.8 Å². The first-order valence-electron chi connectivity index (χ1n) is 10.2. The molecule has 9 N–H and O–H groups in total. The molecule has 180 valence electrons. The molecule has 34 heavy (non-hydrogen) atoms. The molecular weight excluding hydrogens is 448 g/mol. The first-order chi connectivity index (χ1) is 16.3. The lowest BCUT2D eigenvalue weighted by Gasteiger charge is -2.27. The third-order valence-corrected chi connectivity index (χ3v) is 4.93. The number of benzene rings is 1.